The number of aryl methyl sites for hydroxylation is 4. The lowest BCUT2D eigenvalue weighted by Crippen LogP contribution is -2.22. The zero-order valence-electron chi connectivity index (χ0n) is 16.8. The minimum Gasteiger partial charge on any atom is -0.468 e. The van der Waals surface area contributed by atoms with Crippen LogP contribution < -0.4 is 4.80 Å². The van der Waals surface area contributed by atoms with Gasteiger partial charge in [-0.2, -0.15) is 4.99 Å². The quantitative estimate of drug-likeness (QED) is 0.631. The Morgan fingerprint density at radius 2 is 1.71 bits per heavy atom. The van der Waals surface area contributed by atoms with Gasteiger partial charge in [0.25, 0.3) is 5.91 Å². The normalized spacial score (nSPS) is 11.8. The molecule has 0 aliphatic heterocycles. The highest BCUT2D eigenvalue weighted by molar-refractivity contribution is 7.16. The smallest absolute Gasteiger partial charge is 0.325 e. The lowest BCUT2D eigenvalue weighted by atomic mass is 9.97. The molecule has 0 bridgehead atoms. The number of methoxy groups -OCH3 is 1. The molecule has 3 rings (SSSR count). The summed E-state index contributed by atoms with van der Waals surface area (Å²) in [7, 11) is 1.35. The first-order valence-corrected chi connectivity index (χ1v) is 9.91. The monoisotopic (exact) mass is 396 g/mol. The first-order valence-electron chi connectivity index (χ1n) is 9.09. The van der Waals surface area contributed by atoms with Gasteiger partial charge in [0, 0.05) is 0 Å². The van der Waals surface area contributed by atoms with Crippen molar-refractivity contribution in [2.75, 3.05) is 7.11 Å². The maximum atomic E-state index is 12.7. The number of hydrogen-bond donors (Lipinski definition) is 0. The van der Waals surface area contributed by atoms with Gasteiger partial charge in [-0.1, -0.05) is 35.1 Å². The van der Waals surface area contributed by atoms with Crippen molar-refractivity contribution in [3.05, 3.63) is 63.0 Å². The van der Waals surface area contributed by atoms with Gasteiger partial charge >= 0.3 is 5.97 Å². The summed E-state index contributed by atoms with van der Waals surface area (Å²) in [6.45, 7) is 8.11. The minimum atomic E-state index is -0.376. The second kappa shape index (κ2) is 8.10. The highest BCUT2D eigenvalue weighted by Gasteiger charge is 2.13. The van der Waals surface area contributed by atoms with Gasteiger partial charge in [-0.3, -0.25) is 9.59 Å². The molecule has 5 nitrogen and oxygen atoms in total. The fraction of sp³-hybridized carbons (Fsp3) is 0.318. The molecule has 0 spiro atoms. The van der Waals surface area contributed by atoms with E-state index >= 15 is 0 Å². The van der Waals surface area contributed by atoms with Crippen molar-refractivity contribution < 1.29 is 14.3 Å². The molecule has 0 unspecified atom stereocenters. The van der Waals surface area contributed by atoms with Gasteiger partial charge in [0.1, 0.15) is 6.54 Å². The van der Waals surface area contributed by atoms with Crippen LogP contribution in [0.25, 0.3) is 10.2 Å². The molecule has 0 saturated carbocycles. The highest BCUT2D eigenvalue weighted by Crippen LogP contribution is 2.20. The van der Waals surface area contributed by atoms with Crippen molar-refractivity contribution >= 4 is 33.4 Å². The van der Waals surface area contributed by atoms with Crippen LogP contribution >= 0.6 is 11.3 Å². The molecule has 0 saturated heterocycles. The molecule has 3 aromatic rings. The number of thiazole rings is 1. The fourth-order valence-corrected chi connectivity index (χ4v) is 4.54. The van der Waals surface area contributed by atoms with Gasteiger partial charge < -0.3 is 9.30 Å². The number of rotatable bonds is 4. The van der Waals surface area contributed by atoms with E-state index in [9.17, 15) is 9.59 Å². The summed E-state index contributed by atoms with van der Waals surface area (Å²) in [6.07, 6.45) is 0.240. The summed E-state index contributed by atoms with van der Waals surface area (Å²) in [4.78, 5) is 29.5. The Morgan fingerprint density at radius 3 is 2.36 bits per heavy atom. The van der Waals surface area contributed by atoms with E-state index in [0.717, 1.165) is 32.5 Å². The molecule has 1 amide bonds. The summed E-state index contributed by atoms with van der Waals surface area (Å²) in [5.74, 6) is -0.601. The number of aromatic nitrogens is 1. The predicted octanol–water partition coefficient (Wildman–Crippen LogP) is 3.78. The molecule has 6 heteroatoms. The highest BCUT2D eigenvalue weighted by atomic mass is 32.1. The van der Waals surface area contributed by atoms with E-state index in [1.165, 1.54) is 24.0 Å². The number of esters is 1. The Bertz CT molecular complexity index is 1120. The molecule has 0 aliphatic rings. The third kappa shape index (κ3) is 4.22. The zero-order chi connectivity index (χ0) is 20.4. The van der Waals surface area contributed by atoms with Crippen molar-refractivity contribution in [3.8, 4) is 0 Å². The number of carbonyl (C=O) groups excluding carboxylic acids is 2. The van der Waals surface area contributed by atoms with E-state index in [2.05, 4.69) is 17.1 Å². The van der Waals surface area contributed by atoms with Crippen LogP contribution in [-0.2, 0) is 27.3 Å². The third-order valence-electron chi connectivity index (χ3n) is 4.74. The van der Waals surface area contributed by atoms with Gasteiger partial charge in [-0.15, -0.1) is 0 Å². The molecule has 1 heterocycles. The number of carbonyl (C=O) groups is 2. The third-order valence-corrected chi connectivity index (χ3v) is 5.78. The Balaban J connectivity index is 2.04. The van der Waals surface area contributed by atoms with Gasteiger partial charge in [-0.25, -0.2) is 0 Å². The number of benzene rings is 2. The zero-order valence-corrected chi connectivity index (χ0v) is 17.6. The topological polar surface area (TPSA) is 60.7 Å². The maximum Gasteiger partial charge on any atom is 0.325 e. The van der Waals surface area contributed by atoms with E-state index < -0.39 is 0 Å². The molecule has 2 aromatic carbocycles. The predicted molar refractivity (Wildman–Crippen MR) is 111 cm³/mol. The van der Waals surface area contributed by atoms with Crippen LogP contribution in [-0.4, -0.2) is 23.6 Å². The number of fused-ring (bicyclic) bond motifs is 1. The molecule has 28 heavy (non-hydrogen) atoms. The number of amides is 1. The maximum absolute atomic E-state index is 12.7. The largest absolute Gasteiger partial charge is 0.468 e. The average molecular weight is 397 g/mol. The Morgan fingerprint density at radius 1 is 1.04 bits per heavy atom. The van der Waals surface area contributed by atoms with Gasteiger partial charge in [0.15, 0.2) is 4.80 Å². The van der Waals surface area contributed by atoms with Crippen molar-refractivity contribution in [3.63, 3.8) is 0 Å². The van der Waals surface area contributed by atoms with E-state index in [-0.39, 0.29) is 24.8 Å². The van der Waals surface area contributed by atoms with Crippen LogP contribution in [0.5, 0.6) is 0 Å². The van der Waals surface area contributed by atoms with Crippen molar-refractivity contribution in [2.24, 2.45) is 4.99 Å². The molecule has 0 N–H and O–H groups in total. The second-order valence-corrected chi connectivity index (χ2v) is 8.09. The van der Waals surface area contributed by atoms with Crippen LogP contribution in [0, 0.1) is 27.7 Å². The molecule has 0 radical (unpaired) electrons. The molecular weight excluding hydrogens is 372 g/mol. The summed E-state index contributed by atoms with van der Waals surface area (Å²) >= 11 is 1.41. The van der Waals surface area contributed by atoms with E-state index in [1.54, 1.807) is 4.57 Å². The first kappa shape index (κ1) is 20.0. The van der Waals surface area contributed by atoms with E-state index in [4.69, 9.17) is 4.74 Å². The summed E-state index contributed by atoms with van der Waals surface area (Å²) < 4.78 is 7.55. The van der Waals surface area contributed by atoms with Crippen LogP contribution in [0.3, 0.4) is 0 Å². The first-order chi connectivity index (χ1) is 13.3. The molecule has 0 aliphatic carbocycles. The average Bonchev–Trinajstić information content (AvgIpc) is 2.94. The molecule has 1 aromatic heterocycles. The molecular formula is C22H24N2O3S. The standard InChI is InChI=1S/C22H24N2O3S/c1-13-6-7-18-19(10-13)28-22(24(18)12-21(26)27-5)23-20(25)11-17-15(3)8-14(2)9-16(17)4/h6-10H,11-12H2,1-5H3. The van der Waals surface area contributed by atoms with Crippen LogP contribution in [0.4, 0.5) is 0 Å². The minimum absolute atomic E-state index is 0.0221. The van der Waals surface area contributed by atoms with Crippen molar-refractivity contribution in [1.29, 1.82) is 0 Å². The number of nitrogens with zero attached hydrogens (tertiary/aromatic N) is 2. The van der Waals surface area contributed by atoms with E-state index in [1.807, 2.05) is 45.9 Å². The van der Waals surface area contributed by atoms with Crippen LogP contribution in [0.2, 0.25) is 0 Å². The number of hydrogen-bond acceptors (Lipinski definition) is 4. The van der Waals surface area contributed by atoms with Crippen LogP contribution in [0.1, 0.15) is 27.8 Å². The van der Waals surface area contributed by atoms with Gasteiger partial charge in [0.05, 0.1) is 23.7 Å². The number of ether oxygens (including phenoxy) is 1. The second-order valence-electron chi connectivity index (χ2n) is 7.08. The summed E-state index contributed by atoms with van der Waals surface area (Å²) in [5, 5.41) is 0. The fourth-order valence-electron chi connectivity index (χ4n) is 3.40. The Kier molecular flexibility index (Phi) is 5.79. The lowest BCUT2D eigenvalue weighted by molar-refractivity contribution is -0.141. The Hall–Kier alpha value is -2.73. The van der Waals surface area contributed by atoms with Crippen molar-refractivity contribution in [2.45, 2.75) is 40.7 Å². The Labute approximate surface area is 168 Å². The van der Waals surface area contributed by atoms with E-state index in [0.29, 0.717) is 4.80 Å². The molecule has 0 fully saturated rings. The SMILES string of the molecule is COC(=O)Cn1c(=NC(=O)Cc2c(C)cc(C)cc2C)sc2cc(C)ccc21. The van der Waals surface area contributed by atoms with Crippen molar-refractivity contribution in [1.82, 2.24) is 4.57 Å². The summed E-state index contributed by atoms with van der Waals surface area (Å²) in [5.41, 5.74) is 6.36. The molecule has 0 atom stereocenters. The van der Waals surface area contributed by atoms with Crippen LogP contribution in [0.15, 0.2) is 35.3 Å². The van der Waals surface area contributed by atoms with Gasteiger partial charge in [0.2, 0.25) is 0 Å². The summed E-state index contributed by atoms with van der Waals surface area (Å²) in [6, 6.07) is 10.1. The van der Waals surface area contributed by atoms with Gasteiger partial charge in [-0.05, 0) is 62.1 Å². The molecule has 146 valence electrons. The lowest BCUT2D eigenvalue weighted by Gasteiger charge is -2.09.